The number of para-hydroxylation sites is 1. The Balaban J connectivity index is 2.01. The van der Waals surface area contributed by atoms with Gasteiger partial charge in [-0.05, 0) is 31.5 Å². The molecule has 2 aromatic carbocycles. The summed E-state index contributed by atoms with van der Waals surface area (Å²) in [5, 5.41) is 4.07. The molecule has 3 aromatic rings. The van der Waals surface area contributed by atoms with Crippen LogP contribution in [0.1, 0.15) is 25.3 Å². The average Bonchev–Trinajstić information content (AvgIpc) is 2.99. The van der Waals surface area contributed by atoms with Gasteiger partial charge >= 0.3 is 0 Å². The van der Waals surface area contributed by atoms with E-state index in [1.807, 2.05) is 42.5 Å². The predicted molar refractivity (Wildman–Crippen MR) is 82.7 cm³/mol. The quantitative estimate of drug-likeness (QED) is 0.743. The van der Waals surface area contributed by atoms with E-state index >= 15 is 0 Å². The number of aromatic nitrogens is 2. The summed E-state index contributed by atoms with van der Waals surface area (Å²) in [4.78, 5) is 4.53. The van der Waals surface area contributed by atoms with Crippen molar-refractivity contribution in [1.29, 1.82) is 0 Å². The minimum Gasteiger partial charge on any atom is -0.398 e. The Morgan fingerprint density at radius 3 is 2.33 bits per heavy atom. The van der Waals surface area contributed by atoms with Crippen LogP contribution in [-0.4, -0.2) is 10.1 Å². The van der Waals surface area contributed by atoms with Gasteiger partial charge in [0.1, 0.15) is 0 Å². The molecule has 2 N–H and O–H groups in total. The molecule has 0 aliphatic rings. The van der Waals surface area contributed by atoms with E-state index in [1.165, 1.54) is 0 Å². The largest absolute Gasteiger partial charge is 0.398 e. The molecule has 0 saturated carbocycles. The summed E-state index contributed by atoms with van der Waals surface area (Å²) < 4.78 is 5.48. The van der Waals surface area contributed by atoms with Gasteiger partial charge in [-0.2, -0.15) is 4.98 Å². The Morgan fingerprint density at radius 1 is 0.952 bits per heavy atom. The fraction of sp³-hybridized carbons (Fsp3) is 0.176. The maximum atomic E-state index is 5.96. The zero-order valence-corrected chi connectivity index (χ0v) is 12.1. The molecule has 0 saturated heterocycles. The zero-order chi connectivity index (χ0) is 14.9. The van der Waals surface area contributed by atoms with Crippen molar-refractivity contribution in [3.8, 4) is 11.4 Å². The van der Waals surface area contributed by atoms with Crippen molar-refractivity contribution < 1.29 is 4.52 Å². The predicted octanol–water partition coefficient (Wildman–Crippen LogP) is 3.64. The third-order valence-corrected chi connectivity index (χ3v) is 3.66. The molecule has 0 bridgehead atoms. The highest BCUT2D eigenvalue weighted by atomic mass is 16.5. The summed E-state index contributed by atoms with van der Waals surface area (Å²) in [7, 11) is 0. The number of rotatable bonds is 3. The van der Waals surface area contributed by atoms with Crippen LogP contribution in [-0.2, 0) is 5.41 Å². The Labute approximate surface area is 123 Å². The lowest BCUT2D eigenvalue weighted by molar-refractivity contribution is 0.333. The van der Waals surface area contributed by atoms with Crippen LogP contribution in [0.15, 0.2) is 59.1 Å². The first kappa shape index (κ1) is 13.4. The Kier molecular flexibility index (Phi) is 3.22. The Morgan fingerprint density at radius 2 is 1.62 bits per heavy atom. The van der Waals surface area contributed by atoms with E-state index in [-0.39, 0.29) is 5.41 Å². The summed E-state index contributed by atoms with van der Waals surface area (Å²) in [6, 6.07) is 17.6. The fourth-order valence-electron chi connectivity index (χ4n) is 2.27. The first-order chi connectivity index (χ1) is 10.1. The van der Waals surface area contributed by atoms with Gasteiger partial charge < -0.3 is 10.3 Å². The first-order valence-electron chi connectivity index (χ1n) is 6.83. The monoisotopic (exact) mass is 279 g/mol. The van der Waals surface area contributed by atoms with Gasteiger partial charge in [0.15, 0.2) is 0 Å². The molecule has 1 heterocycles. The number of hydrogen-bond donors (Lipinski definition) is 1. The van der Waals surface area contributed by atoms with Crippen LogP contribution in [0.3, 0.4) is 0 Å². The third-order valence-electron chi connectivity index (χ3n) is 3.66. The molecule has 4 heteroatoms. The first-order valence-corrected chi connectivity index (χ1v) is 6.83. The third kappa shape index (κ3) is 2.40. The van der Waals surface area contributed by atoms with Crippen LogP contribution >= 0.6 is 0 Å². The van der Waals surface area contributed by atoms with Crippen molar-refractivity contribution in [2.45, 2.75) is 19.3 Å². The normalized spacial score (nSPS) is 11.5. The molecule has 106 valence electrons. The van der Waals surface area contributed by atoms with E-state index in [9.17, 15) is 0 Å². The molecular formula is C17H17N3O. The molecule has 0 amide bonds. The van der Waals surface area contributed by atoms with Gasteiger partial charge in [-0.15, -0.1) is 0 Å². The van der Waals surface area contributed by atoms with Crippen molar-refractivity contribution in [3.05, 3.63) is 66.1 Å². The standard InChI is InChI=1S/C17H17N3O/c1-17(2,12-8-4-3-5-9-12)16-19-15(20-21-16)13-10-6-7-11-14(13)18/h3-11H,18H2,1-2H3. The highest BCUT2D eigenvalue weighted by Gasteiger charge is 2.30. The van der Waals surface area contributed by atoms with Crippen LogP contribution in [0.25, 0.3) is 11.4 Å². The summed E-state index contributed by atoms with van der Waals surface area (Å²) in [6.07, 6.45) is 0. The second kappa shape index (κ2) is 5.05. The summed E-state index contributed by atoms with van der Waals surface area (Å²) in [5.74, 6) is 1.10. The van der Waals surface area contributed by atoms with Gasteiger partial charge in [-0.1, -0.05) is 47.6 Å². The lowest BCUT2D eigenvalue weighted by Gasteiger charge is -2.20. The minimum absolute atomic E-state index is 0.351. The average molecular weight is 279 g/mol. The summed E-state index contributed by atoms with van der Waals surface area (Å²) in [6.45, 7) is 4.13. The molecule has 1 aromatic heterocycles. The Bertz CT molecular complexity index is 747. The van der Waals surface area contributed by atoms with Crippen molar-refractivity contribution in [2.24, 2.45) is 0 Å². The summed E-state index contributed by atoms with van der Waals surface area (Å²) in [5.41, 5.74) is 8.16. The molecule has 0 spiro atoms. The molecule has 3 rings (SSSR count). The van der Waals surface area contributed by atoms with Crippen LogP contribution in [0.5, 0.6) is 0 Å². The molecule has 0 aliphatic heterocycles. The number of nitrogens with two attached hydrogens (primary N) is 1. The number of hydrogen-bond acceptors (Lipinski definition) is 4. The highest BCUT2D eigenvalue weighted by Crippen LogP contribution is 2.32. The van der Waals surface area contributed by atoms with E-state index in [4.69, 9.17) is 10.3 Å². The van der Waals surface area contributed by atoms with Gasteiger partial charge in [-0.3, -0.25) is 0 Å². The van der Waals surface area contributed by atoms with E-state index in [2.05, 4.69) is 36.1 Å². The minimum atomic E-state index is -0.351. The van der Waals surface area contributed by atoms with E-state index in [1.54, 1.807) is 0 Å². The van der Waals surface area contributed by atoms with Crippen LogP contribution in [0, 0.1) is 0 Å². The van der Waals surface area contributed by atoms with E-state index in [0.29, 0.717) is 17.4 Å². The van der Waals surface area contributed by atoms with Gasteiger partial charge in [0.05, 0.1) is 5.41 Å². The number of nitrogens with zero attached hydrogens (tertiary/aromatic N) is 2. The molecule has 4 nitrogen and oxygen atoms in total. The number of nitrogen functional groups attached to an aromatic ring is 1. The second-order valence-electron chi connectivity index (χ2n) is 5.50. The van der Waals surface area contributed by atoms with Crippen LogP contribution in [0.2, 0.25) is 0 Å². The smallest absolute Gasteiger partial charge is 0.237 e. The Hall–Kier alpha value is -2.62. The fourth-order valence-corrected chi connectivity index (χ4v) is 2.27. The maximum Gasteiger partial charge on any atom is 0.237 e. The lowest BCUT2D eigenvalue weighted by atomic mass is 9.84. The molecule has 0 atom stereocenters. The molecular weight excluding hydrogens is 262 g/mol. The van der Waals surface area contributed by atoms with Crippen molar-refractivity contribution in [2.75, 3.05) is 5.73 Å². The number of anilines is 1. The molecule has 0 unspecified atom stereocenters. The molecule has 0 fully saturated rings. The van der Waals surface area contributed by atoms with Gasteiger partial charge in [-0.25, -0.2) is 0 Å². The lowest BCUT2D eigenvalue weighted by Crippen LogP contribution is -2.19. The molecule has 0 radical (unpaired) electrons. The van der Waals surface area contributed by atoms with Crippen molar-refractivity contribution in [3.63, 3.8) is 0 Å². The van der Waals surface area contributed by atoms with Gasteiger partial charge in [0.2, 0.25) is 11.7 Å². The number of benzene rings is 2. The van der Waals surface area contributed by atoms with Gasteiger partial charge in [0.25, 0.3) is 0 Å². The topological polar surface area (TPSA) is 64.9 Å². The van der Waals surface area contributed by atoms with Crippen molar-refractivity contribution in [1.82, 2.24) is 10.1 Å². The molecule has 0 aliphatic carbocycles. The van der Waals surface area contributed by atoms with E-state index < -0.39 is 0 Å². The van der Waals surface area contributed by atoms with Crippen molar-refractivity contribution >= 4 is 5.69 Å². The molecule has 21 heavy (non-hydrogen) atoms. The maximum absolute atomic E-state index is 5.96. The zero-order valence-electron chi connectivity index (χ0n) is 12.1. The SMILES string of the molecule is CC(C)(c1ccccc1)c1nc(-c2ccccc2N)no1. The van der Waals surface area contributed by atoms with Crippen LogP contribution < -0.4 is 5.73 Å². The highest BCUT2D eigenvalue weighted by molar-refractivity contribution is 5.70. The second-order valence-corrected chi connectivity index (χ2v) is 5.50. The van der Waals surface area contributed by atoms with Crippen LogP contribution in [0.4, 0.5) is 5.69 Å². The van der Waals surface area contributed by atoms with E-state index in [0.717, 1.165) is 11.1 Å². The van der Waals surface area contributed by atoms with Gasteiger partial charge in [0, 0.05) is 11.3 Å². The summed E-state index contributed by atoms with van der Waals surface area (Å²) >= 11 is 0.